The van der Waals surface area contributed by atoms with Gasteiger partial charge >= 0.3 is 0 Å². The maximum absolute atomic E-state index is 12.5. The molecule has 1 amide bonds. The van der Waals surface area contributed by atoms with E-state index in [2.05, 4.69) is 11.8 Å². The summed E-state index contributed by atoms with van der Waals surface area (Å²) < 4.78 is 36.4. The number of hydrogen-bond donors (Lipinski definition) is 0. The van der Waals surface area contributed by atoms with Crippen LogP contribution < -0.4 is 13.8 Å². The van der Waals surface area contributed by atoms with Crippen LogP contribution in [0.3, 0.4) is 0 Å². The fourth-order valence-electron chi connectivity index (χ4n) is 3.12. The van der Waals surface area contributed by atoms with Gasteiger partial charge in [0, 0.05) is 45.2 Å². The summed E-state index contributed by atoms with van der Waals surface area (Å²) in [5.41, 5.74) is 0.393. The van der Waals surface area contributed by atoms with E-state index in [0.29, 0.717) is 30.3 Å². The molecule has 0 saturated carbocycles. The highest BCUT2D eigenvalue weighted by Gasteiger charge is 2.25. The summed E-state index contributed by atoms with van der Waals surface area (Å²) in [5.74, 6) is 0.907. The van der Waals surface area contributed by atoms with Gasteiger partial charge in [0.15, 0.2) is 0 Å². The number of anilines is 1. The third kappa shape index (κ3) is 5.49. The molecule has 1 aromatic carbocycles. The van der Waals surface area contributed by atoms with Crippen LogP contribution in [0.1, 0.15) is 13.3 Å². The Labute approximate surface area is 161 Å². The lowest BCUT2D eigenvalue weighted by atomic mass is 10.2. The van der Waals surface area contributed by atoms with E-state index in [0.717, 1.165) is 25.9 Å². The second-order valence-electron chi connectivity index (χ2n) is 6.44. The maximum Gasteiger partial charge on any atom is 0.232 e. The molecule has 27 heavy (non-hydrogen) atoms. The Morgan fingerprint density at radius 2 is 1.81 bits per heavy atom. The molecular formula is C18H29N3O5S. The van der Waals surface area contributed by atoms with Crippen LogP contribution in [-0.4, -0.2) is 83.9 Å². The Hall–Kier alpha value is -2.00. The molecule has 1 fully saturated rings. The molecule has 0 spiro atoms. The minimum absolute atomic E-state index is 0.0353. The fraction of sp³-hybridized carbons (Fsp3) is 0.611. The van der Waals surface area contributed by atoms with Gasteiger partial charge in [-0.15, -0.1) is 0 Å². The Kier molecular flexibility index (Phi) is 7.32. The lowest BCUT2D eigenvalue weighted by molar-refractivity contribution is -0.132. The molecule has 0 aliphatic carbocycles. The largest absolute Gasteiger partial charge is 0.497 e. The molecular weight excluding hydrogens is 370 g/mol. The lowest BCUT2D eigenvalue weighted by Crippen LogP contribution is -2.49. The predicted molar refractivity (Wildman–Crippen MR) is 105 cm³/mol. The van der Waals surface area contributed by atoms with E-state index < -0.39 is 10.0 Å². The number of ether oxygens (including phenoxy) is 2. The van der Waals surface area contributed by atoms with Crippen molar-refractivity contribution in [1.82, 2.24) is 9.80 Å². The summed E-state index contributed by atoms with van der Waals surface area (Å²) >= 11 is 0. The van der Waals surface area contributed by atoms with Gasteiger partial charge in [-0.2, -0.15) is 0 Å². The summed E-state index contributed by atoms with van der Waals surface area (Å²) in [4.78, 5) is 16.6. The summed E-state index contributed by atoms with van der Waals surface area (Å²) in [6, 6.07) is 4.92. The monoisotopic (exact) mass is 399 g/mol. The van der Waals surface area contributed by atoms with Gasteiger partial charge in [0.25, 0.3) is 0 Å². The Morgan fingerprint density at radius 3 is 2.33 bits per heavy atom. The molecule has 9 heteroatoms. The normalized spacial score (nSPS) is 15.5. The second-order valence-corrected chi connectivity index (χ2v) is 8.34. The van der Waals surface area contributed by atoms with E-state index in [-0.39, 0.29) is 18.9 Å². The number of likely N-dealkylation sites (N-methyl/N-ethyl adjacent to an activating group) is 1. The van der Waals surface area contributed by atoms with Gasteiger partial charge in [-0.3, -0.25) is 9.10 Å². The molecule has 0 aromatic heterocycles. The molecule has 1 saturated heterocycles. The third-order valence-corrected chi connectivity index (χ3v) is 5.94. The number of nitrogens with zero attached hydrogens (tertiary/aromatic N) is 3. The molecule has 1 aliphatic heterocycles. The van der Waals surface area contributed by atoms with Crippen LogP contribution in [0.2, 0.25) is 0 Å². The number of carbonyl (C=O) groups excluding carboxylic acids is 1. The number of hydrogen-bond acceptors (Lipinski definition) is 6. The van der Waals surface area contributed by atoms with Gasteiger partial charge in [0.2, 0.25) is 15.9 Å². The van der Waals surface area contributed by atoms with Crippen LogP contribution in [-0.2, 0) is 14.8 Å². The van der Waals surface area contributed by atoms with E-state index in [4.69, 9.17) is 9.47 Å². The molecule has 1 aromatic rings. The number of piperazine rings is 1. The van der Waals surface area contributed by atoms with Crippen LogP contribution >= 0.6 is 0 Å². The number of rotatable bonds is 8. The van der Waals surface area contributed by atoms with E-state index in [1.165, 1.54) is 18.5 Å². The van der Waals surface area contributed by atoms with Crippen molar-refractivity contribution in [3.63, 3.8) is 0 Å². The molecule has 0 radical (unpaired) electrons. The van der Waals surface area contributed by atoms with E-state index in [9.17, 15) is 13.2 Å². The van der Waals surface area contributed by atoms with Crippen LogP contribution in [0, 0.1) is 0 Å². The quantitative estimate of drug-likeness (QED) is 0.650. The average molecular weight is 400 g/mol. The van der Waals surface area contributed by atoms with Crippen molar-refractivity contribution >= 4 is 21.6 Å². The first kappa shape index (κ1) is 21.3. The smallest absolute Gasteiger partial charge is 0.232 e. The van der Waals surface area contributed by atoms with Crippen molar-refractivity contribution in [1.29, 1.82) is 0 Å². The van der Waals surface area contributed by atoms with E-state index >= 15 is 0 Å². The number of carbonyl (C=O) groups is 1. The minimum atomic E-state index is -3.58. The van der Waals surface area contributed by atoms with Gasteiger partial charge < -0.3 is 19.3 Å². The fourth-order valence-corrected chi connectivity index (χ4v) is 4.06. The summed E-state index contributed by atoms with van der Waals surface area (Å²) in [5, 5.41) is 0. The van der Waals surface area contributed by atoms with Crippen LogP contribution in [0.4, 0.5) is 5.69 Å². The predicted octanol–water partition coefficient (Wildman–Crippen LogP) is 1.02. The highest BCUT2D eigenvalue weighted by Crippen LogP contribution is 2.33. The number of methoxy groups -OCH3 is 2. The number of sulfonamides is 1. The molecule has 0 N–H and O–H groups in total. The third-order valence-electron chi connectivity index (χ3n) is 4.76. The summed E-state index contributed by atoms with van der Waals surface area (Å²) in [7, 11) is -0.579. The van der Waals surface area contributed by atoms with Gasteiger partial charge in [-0.25, -0.2) is 8.42 Å². The maximum atomic E-state index is 12.5. The van der Waals surface area contributed by atoms with Crippen molar-refractivity contribution in [3.05, 3.63) is 18.2 Å². The first-order valence-electron chi connectivity index (χ1n) is 9.00. The van der Waals surface area contributed by atoms with E-state index in [1.807, 2.05) is 0 Å². The SMILES string of the molecule is CCN1CCN(C(=O)CCN(c2ccc(OC)cc2OC)S(C)(=O)=O)CC1. The molecule has 2 rings (SSSR count). The molecule has 152 valence electrons. The first-order chi connectivity index (χ1) is 12.8. The van der Waals surface area contributed by atoms with Gasteiger partial charge in [0.05, 0.1) is 26.2 Å². The van der Waals surface area contributed by atoms with Crippen molar-refractivity contribution in [2.75, 3.05) is 64.0 Å². The Balaban J connectivity index is 2.11. The zero-order valence-corrected chi connectivity index (χ0v) is 17.3. The molecule has 8 nitrogen and oxygen atoms in total. The van der Waals surface area contributed by atoms with E-state index in [1.54, 1.807) is 23.1 Å². The summed E-state index contributed by atoms with van der Waals surface area (Å²) in [6.45, 7) is 6.20. The Bertz CT molecular complexity index is 745. The molecule has 0 unspecified atom stereocenters. The van der Waals surface area contributed by atoms with Crippen molar-refractivity contribution in [2.45, 2.75) is 13.3 Å². The van der Waals surface area contributed by atoms with Crippen molar-refractivity contribution < 1.29 is 22.7 Å². The highest BCUT2D eigenvalue weighted by atomic mass is 32.2. The lowest BCUT2D eigenvalue weighted by Gasteiger charge is -2.34. The highest BCUT2D eigenvalue weighted by molar-refractivity contribution is 7.92. The average Bonchev–Trinajstić information content (AvgIpc) is 2.67. The summed E-state index contributed by atoms with van der Waals surface area (Å²) in [6.07, 6.45) is 1.25. The number of benzene rings is 1. The standard InChI is InChI=1S/C18H29N3O5S/c1-5-19-10-12-20(13-11-19)18(22)8-9-21(27(4,23)24)16-7-6-15(25-2)14-17(16)26-3/h6-7,14H,5,8-13H2,1-4H3. The first-order valence-corrected chi connectivity index (χ1v) is 10.8. The number of amides is 1. The topological polar surface area (TPSA) is 79.4 Å². The van der Waals surface area contributed by atoms with Crippen LogP contribution in [0.25, 0.3) is 0 Å². The van der Waals surface area contributed by atoms with Crippen LogP contribution in [0.15, 0.2) is 18.2 Å². The zero-order valence-electron chi connectivity index (χ0n) is 16.5. The zero-order chi connectivity index (χ0) is 20.0. The van der Waals surface area contributed by atoms with Gasteiger partial charge in [0.1, 0.15) is 11.5 Å². The minimum Gasteiger partial charge on any atom is -0.497 e. The van der Waals surface area contributed by atoms with Gasteiger partial charge in [-0.05, 0) is 18.7 Å². The van der Waals surface area contributed by atoms with Crippen molar-refractivity contribution in [2.24, 2.45) is 0 Å². The second kappa shape index (κ2) is 9.27. The molecule has 0 atom stereocenters. The Morgan fingerprint density at radius 1 is 1.15 bits per heavy atom. The molecule has 1 aliphatic rings. The van der Waals surface area contributed by atoms with Crippen molar-refractivity contribution in [3.8, 4) is 11.5 Å². The molecule has 1 heterocycles. The molecule has 0 bridgehead atoms. The van der Waals surface area contributed by atoms with Gasteiger partial charge in [-0.1, -0.05) is 6.92 Å². The van der Waals surface area contributed by atoms with Crippen LogP contribution in [0.5, 0.6) is 11.5 Å².